The van der Waals surface area contributed by atoms with Crippen molar-refractivity contribution < 1.29 is 13.9 Å². The molecule has 0 spiro atoms. The van der Waals surface area contributed by atoms with Gasteiger partial charge in [-0.3, -0.25) is 4.79 Å². The Morgan fingerprint density at radius 2 is 2.00 bits per heavy atom. The van der Waals surface area contributed by atoms with E-state index >= 15 is 4.39 Å². The summed E-state index contributed by atoms with van der Waals surface area (Å²) in [7, 11) is 0. The van der Waals surface area contributed by atoms with Crippen molar-refractivity contribution in [2.45, 2.75) is 50.7 Å². The van der Waals surface area contributed by atoms with Crippen molar-refractivity contribution in [2.75, 3.05) is 0 Å². The van der Waals surface area contributed by atoms with Crippen molar-refractivity contribution >= 4 is 5.91 Å². The maximum atomic E-state index is 15.1. The first-order valence-electron chi connectivity index (χ1n) is 10.5. The smallest absolute Gasteiger partial charge is 0.321 e. The summed E-state index contributed by atoms with van der Waals surface area (Å²) in [6, 6.07) is 9.17. The van der Waals surface area contributed by atoms with Gasteiger partial charge in [0.15, 0.2) is 6.17 Å². The number of hydrogen-bond donors (Lipinski definition) is 2. The largest absolute Gasteiger partial charge is 0.424 e. The standard InChI is InChI=1S/C23H23FN6O2/c1-4-23(13-7-5-8-14(11-13)32-21-25-9-6-10-26-21)16-15(12-22(2,3)28-20(16)31)27-19-17(23)18(24)29-30-19/h5-11,19,27H,4,12H2,1-3H3,(H,28,31). The van der Waals surface area contributed by atoms with E-state index in [0.717, 1.165) is 11.3 Å². The molecule has 2 N–H and O–H groups in total. The Hall–Kier alpha value is -3.62. The molecule has 2 atom stereocenters. The van der Waals surface area contributed by atoms with Gasteiger partial charge in [0.25, 0.3) is 5.91 Å². The molecular formula is C23H23FN6O2. The van der Waals surface area contributed by atoms with E-state index in [0.29, 0.717) is 29.7 Å². The molecule has 164 valence electrons. The van der Waals surface area contributed by atoms with Crippen LogP contribution in [0.3, 0.4) is 0 Å². The van der Waals surface area contributed by atoms with Gasteiger partial charge in [-0.25, -0.2) is 9.97 Å². The SMILES string of the molecule is CCC1(c2cccc(Oc3ncccn3)c2)C2=C(CC(C)(C)NC2=O)NC2N=NC(F)=C21. The average molecular weight is 434 g/mol. The molecule has 1 aromatic heterocycles. The molecule has 2 unspecified atom stereocenters. The molecule has 3 aliphatic heterocycles. The third-order valence-electron chi connectivity index (χ3n) is 6.16. The zero-order chi connectivity index (χ0) is 22.5. The minimum atomic E-state index is -1.05. The van der Waals surface area contributed by atoms with Gasteiger partial charge >= 0.3 is 6.01 Å². The van der Waals surface area contributed by atoms with E-state index in [2.05, 4.69) is 30.8 Å². The predicted molar refractivity (Wildman–Crippen MR) is 114 cm³/mol. The number of nitrogens with zero attached hydrogens (tertiary/aromatic N) is 4. The monoisotopic (exact) mass is 434 g/mol. The van der Waals surface area contributed by atoms with Crippen molar-refractivity contribution in [3.63, 3.8) is 0 Å². The summed E-state index contributed by atoms with van der Waals surface area (Å²) in [5.41, 5.74) is 0.854. The second kappa shape index (κ2) is 7.22. The maximum Gasteiger partial charge on any atom is 0.321 e. The molecule has 8 nitrogen and oxygen atoms in total. The van der Waals surface area contributed by atoms with Crippen LogP contribution in [0.25, 0.3) is 0 Å². The van der Waals surface area contributed by atoms with Crippen molar-refractivity contribution in [1.82, 2.24) is 20.6 Å². The lowest BCUT2D eigenvalue weighted by Crippen LogP contribution is -2.58. The fraction of sp³-hybridized carbons (Fsp3) is 0.348. The molecular weight excluding hydrogens is 411 g/mol. The van der Waals surface area contributed by atoms with Gasteiger partial charge < -0.3 is 15.4 Å². The molecule has 3 aliphatic rings. The number of amides is 1. The molecule has 32 heavy (non-hydrogen) atoms. The topological polar surface area (TPSA) is 101 Å². The normalized spacial score (nSPS) is 25.8. The number of halogens is 1. The third-order valence-corrected chi connectivity index (χ3v) is 6.16. The first-order chi connectivity index (χ1) is 15.3. The van der Waals surface area contributed by atoms with Gasteiger partial charge in [0, 0.05) is 35.6 Å². The quantitative estimate of drug-likeness (QED) is 0.707. The van der Waals surface area contributed by atoms with Crippen LogP contribution >= 0.6 is 0 Å². The van der Waals surface area contributed by atoms with Crippen molar-refractivity contribution in [2.24, 2.45) is 10.2 Å². The highest BCUT2D eigenvalue weighted by atomic mass is 19.1. The van der Waals surface area contributed by atoms with Gasteiger partial charge in [0.1, 0.15) is 5.75 Å². The van der Waals surface area contributed by atoms with E-state index in [4.69, 9.17) is 4.74 Å². The Morgan fingerprint density at radius 3 is 2.75 bits per heavy atom. The molecule has 1 aromatic carbocycles. The zero-order valence-corrected chi connectivity index (χ0v) is 18.0. The van der Waals surface area contributed by atoms with Crippen LogP contribution in [0.15, 0.2) is 75.7 Å². The summed E-state index contributed by atoms with van der Waals surface area (Å²) in [6.07, 6.45) is 3.54. The molecule has 0 aliphatic carbocycles. The second-order valence-electron chi connectivity index (χ2n) is 8.76. The number of hydrogen-bond acceptors (Lipinski definition) is 7. The van der Waals surface area contributed by atoms with Crippen LogP contribution in [0.5, 0.6) is 11.8 Å². The molecule has 0 saturated heterocycles. The van der Waals surface area contributed by atoms with E-state index < -0.39 is 23.1 Å². The number of aromatic nitrogens is 2. The van der Waals surface area contributed by atoms with Gasteiger partial charge in [0.05, 0.1) is 11.0 Å². The van der Waals surface area contributed by atoms with Crippen molar-refractivity contribution in [3.8, 4) is 11.8 Å². The summed E-state index contributed by atoms with van der Waals surface area (Å²) in [4.78, 5) is 21.6. The van der Waals surface area contributed by atoms with Gasteiger partial charge in [-0.05, 0) is 44.0 Å². The van der Waals surface area contributed by atoms with Crippen LogP contribution in [-0.2, 0) is 10.2 Å². The Morgan fingerprint density at radius 1 is 1.22 bits per heavy atom. The van der Waals surface area contributed by atoms with Crippen molar-refractivity contribution in [1.29, 1.82) is 0 Å². The number of benzene rings is 1. The highest BCUT2D eigenvalue weighted by molar-refractivity contribution is 6.00. The van der Waals surface area contributed by atoms with E-state index in [-0.39, 0.29) is 11.9 Å². The predicted octanol–water partition coefficient (Wildman–Crippen LogP) is 4.05. The lowest BCUT2D eigenvalue weighted by Gasteiger charge is -2.47. The van der Waals surface area contributed by atoms with Crippen LogP contribution in [-0.4, -0.2) is 27.6 Å². The molecule has 2 aromatic rings. The molecule has 4 heterocycles. The molecule has 0 saturated carbocycles. The van der Waals surface area contributed by atoms with Gasteiger partial charge in [-0.1, -0.05) is 19.1 Å². The number of azo groups is 1. The number of fused-ring (bicyclic) bond motifs is 1. The molecule has 1 amide bonds. The lowest BCUT2D eigenvalue weighted by atomic mass is 9.62. The summed E-state index contributed by atoms with van der Waals surface area (Å²) < 4.78 is 20.9. The number of rotatable bonds is 4. The zero-order valence-electron chi connectivity index (χ0n) is 18.0. The van der Waals surface area contributed by atoms with E-state index in [1.807, 2.05) is 32.9 Å². The number of carbonyl (C=O) groups excluding carboxylic acids is 1. The molecule has 5 rings (SSSR count). The Balaban J connectivity index is 1.69. The van der Waals surface area contributed by atoms with Crippen LogP contribution in [0, 0.1) is 0 Å². The Kier molecular flexibility index (Phi) is 4.58. The van der Waals surface area contributed by atoms with Crippen molar-refractivity contribution in [3.05, 3.63) is 71.1 Å². The summed E-state index contributed by atoms with van der Waals surface area (Å²) in [5.74, 6) is -0.400. The average Bonchev–Trinajstić information content (AvgIpc) is 3.13. The van der Waals surface area contributed by atoms with Gasteiger partial charge in [-0.15, -0.1) is 5.11 Å². The highest BCUT2D eigenvalue weighted by Gasteiger charge is 2.55. The Labute approximate surface area is 184 Å². The fourth-order valence-corrected chi connectivity index (χ4v) is 4.94. The highest BCUT2D eigenvalue weighted by Crippen LogP contribution is 2.53. The van der Waals surface area contributed by atoms with Crippen LogP contribution in [0.1, 0.15) is 39.2 Å². The molecule has 0 fully saturated rings. The first-order valence-corrected chi connectivity index (χ1v) is 10.5. The Bertz CT molecular complexity index is 1190. The molecule has 0 bridgehead atoms. The van der Waals surface area contributed by atoms with Crippen LogP contribution < -0.4 is 15.4 Å². The number of nitrogens with one attached hydrogen (secondary N) is 2. The minimum absolute atomic E-state index is 0.201. The van der Waals surface area contributed by atoms with E-state index in [1.54, 1.807) is 30.6 Å². The summed E-state index contributed by atoms with van der Waals surface area (Å²) >= 11 is 0. The summed E-state index contributed by atoms with van der Waals surface area (Å²) in [6.45, 7) is 5.85. The maximum absolute atomic E-state index is 15.1. The summed E-state index contributed by atoms with van der Waals surface area (Å²) in [5, 5.41) is 14.2. The minimum Gasteiger partial charge on any atom is -0.424 e. The number of carbonyl (C=O) groups is 1. The molecule has 0 radical (unpaired) electrons. The van der Waals surface area contributed by atoms with Crippen LogP contribution in [0.4, 0.5) is 4.39 Å². The number of ether oxygens (including phenoxy) is 1. The molecule has 9 heteroatoms. The van der Waals surface area contributed by atoms with E-state index in [1.165, 1.54) is 0 Å². The van der Waals surface area contributed by atoms with Gasteiger partial charge in [0.2, 0.25) is 5.95 Å². The second-order valence-corrected chi connectivity index (χ2v) is 8.76. The van der Waals surface area contributed by atoms with Crippen LogP contribution in [0.2, 0.25) is 0 Å². The fourth-order valence-electron chi connectivity index (χ4n) is 4.94. The first kappa shape index (κ1) is 20.3. The van der Waals surface area contributed by atoms with Gasteiger partial charge in [-0.2, -0.15) is 9.50 Å². The third kappa shape index (κ3) is 3.07. The lowest BCUT2D eigenvalue weighted by molar-refractivity contribution is -0.120. The van der Waals surface area contributed by atoms with E-state index in [9.17, 15) is 4.79 Å².